The number of hydrogen-bond donors (Lipinski definition) is 0. The predicted molar refractivity (Wildman–Crippen MR) is 215 cm³/mol. The van der Waals surface area contributed by atoms with Crippen molar-refractivity contribution in [1.29, 1.82) is 0 Å². The highest BCUT2D eigenvalue weighted by Crippen LogP contribution is 2.35. The van der Waals surface area contributed by atoms with E-state index in [9.17, 15) is 0 Å². The third-order valence-electron chi connectivity index (χ3n) is 11.0. The molecule has 21 heteroatoms. The van der Waals surface area contributed by atoms with E-state index in [-0.39, 0.29) is 0 Å². The van der Waals surface area contributed by atoms with Gasteiger partial charge in [-0.05, 0) is 51.9 Å². The van der Waals surface area contributed by atoms with Gasteiger partial charge in [0.15, 0.2) is 0 Å². The molecule has 2 atom stereocenters. The fraction of sp³-hybridized carbons (Fsp3) is 1.00. The van der Waals surface area contributed by atoms with Crippen LogP contribution in [0.15, 0.2) is 0 Å². The molecule has 17 nitrogen and oxygen atoms in total. The summed E-state index contributed by atoms with van der Waals surface area (Å²) in [6.07, 6.45) is 3.24. The van der Waals surface area contributed by atoms with Gasteiger partial charge >= 0.3 is 35.2 Å². The second kappa shape index (κ2) is 25.7. The molecule has 2 unspecified atom stereocenters. The first-order valence-electron chi connectivity index (χ1n) is 20.4. The smallest absolute Gasteiger partial charge is 0.379 e. The molecular formula is C34H74N4O13Si4. The van der Waals surface area contributed by atoms with Gasteiger partial charge in [0.1, 0.15) is 0 Å². The summed E-state index contributed by atoms with van der Waals surface area (Å²) in [5.74, 6) is 0. The van der Waals surface area contributed by atoms with E-state index >= 15 is 0 Å². The van der Waals surface area contributed by atoms with Crippen molar-refractivity contribution in [2.45, 2.75) is 49.9 Å². The molecule has 0 aromatic rings. The average Bonchev–Trinajstić information content (AvgIpc) is 3.24. The SMILES string of the molecule is CO[Si](CCCN1CCOCC1)(OC)O[Si](CCCN1CCOCC1)(OC)O[Si](CCCN1CCOCC1)(OC)O[Si](CCCN1CCOCC1)(OC)OC. The number of ether oxygens (including phenoxy) is 4. The molecule has 4 rings (SSSR count). The third-order valence-corrected chi connectivity index (χ3v) is 26.1. The minimum atomic E-state index is -3.66. The molecule has 4 fully saturated rings. The van der Waals surface area contributed by atoms with Crippen LogP contribution in [-0.4, -0.2) is 229 Å². The molecule has 4 aliphatic heterocycles. The molecule has 0 spiro atoms. The maximum atomic E-state index is 7.41. The molecular weight excluding hydrogens is 785 g/mol. The Morgan fingerprint density at radius 3 is 0.745 bits per heavy atom. The molecule has 55 heavy (non-hydrogen) atoms. The summed E-state index contributed by atoms with van der Waals surface area (Å²) >= 11 is 0. The normalized spacial score (nSPS) is 22.8. The Morgan fingerprint density at radius 2 is 0.527 bits per heavy atom. The lowest BCUT2D eigenvalue weighted by molar-refractivity contribution is 0.0339. The zero-order valence-electron chi connectivity index (χ0n) is 34.9. The van der Waals surface area contributed by atoms with Crippen molar-refractivity contribution >= 4 is 35.2 Å². The zero-order chi connectivity index (χ0) is 39.3. The lowest BCUT2D eigenvalue weighted by atomic mass is 10.3. The second-order valence-corrected chi connectivity index (χ2v) is 26.9. The van der Waals surface area contributed by atoms with Gasteiger partial charge in [0.2, 0.25) is 0 Å². The van der Waals surface area contributed by atoms with Gasteiger partial charge in [-0.25, -0.2) is 0 Å². The van der Waals surface area contributed by atoms with Crippen LogP contribution in [0.2, 0.25) is 24.2 Å². The molecule has 0 N–H and O–H groups in total. The fourth-order valence-corrected chi connectivity index (χ4v) is 23.4. The summed E-state index contributed by atoms with van der Waals surface area (Å²) in [6, 6.07) is 2.28. The first kappa shape index (κ1) is 47.9. The third kappa shape index (κ3) is 16.0. The van der Waals surface area contributed by atoms with Crippen LogP contribution in [0.5, 0.6) is 0 Å². The average molecular weight is 859 g/mol. The highest BCUT2D eigenvalue weighted by molar-refractivity contribution is 6.83. The van der Waals surface area contributed by atoms with Gasteiger partial charge in [-0.1, -0.05) is 0 Å². The summed E-state index contributed by atoms with van der Waals surface area (Å²) in [6.45, 7) is 16.7. The van der Waals surface area contributed by atoms with E-state index in [1.807, 2.05) is 0 Å². The van der Waals surface area contributed by atoms with Crippen LogP contribution in [0, 0.1) is 0 Å². The quantitative estimate of drug-likeness (QED) is 0.105. The van der Waals surface area contributed by atoms with Gasteiger partial charge in [-0.15, -0.1) is 0 Å². The molecule has 4 saturated heterocycles. The number of morpholine rings is 4. The Kier molecular flexibility index (Phi) is 22.4. The molecule has 0 aromatic carbocycles. The largest absolute Gasteiger partial charge is 0.493 e. The summed E-state index contributed by atoms with van der Waals surface area (Å²) in [5.41, 5.74) is 0. The van der Waals surface area contributed by atoms with E-state index in [2.05, 4.69) is 19.6 Å². The van der Waals surface area contributed by atoms with Gasteiger partial charge < -0.3 is 57.8 Å². The van der Waals surface area contributed by atoms with Gasteiger partial charge in [-0.3, -0.25) is 19.6 Å². The molecule has 324 valence electrons. The molecule has 4 heterocycles. The van der Waals surface area contributed by atoms with Gasteiger partial charge in [0, 0.05) is 119 Å². The predicted octanol–water partition coefficient (Wildman–Crippen LogP) is 1.56. The Labute approximate surface area is 335 Å². The van der Waals surface area contributed by atoms with Crippen molar-refractivity contribution in [3.8, 4) is 0 Å². The first-order valence-corrected chi connectivity index (χ1v) is 28.1. The van der Waals surface area contributed by atoms with Crippen molar-refractivity contribution in [3.05, 3.63) is 0 Å². The molecule has 0 saturated carbocycles. The van der Waals surface area contributed by atoms with Crippen molar-refractivity contribution < 1.29 is 57.8 Å². The summed E-state index contributed by atoms with van der Waals surface area (Å²) in [5, 5.41) is 0. The van der Waals surface area contributed by atoms with E-state index in [1.54, 1.807) is 42.7 Å². The van der Waals surface area contributed by atoms with Crippen LogP contribution >= 0.6 is 0 Å². The van der Waals surface area contributed by atoms with E-state index in [1.165, 1.54) is 0 Å². The second-order valence-electron chi connectivity index (χ2n) is 14.5. The van der Waals surface area contributed by atoms with Crippen LogP contribution in [0.1, 0.15) is 25.7 Å². The molecule has 0 aliphatic carbocycles. The van der Waals surface area contributed by atoms with E-state index in [4.69, 9.17) is 57.8 Å². The van der Waals surface area contributed by atoms with Crippen molar-refractivity contribution in [3.63, 3.8) is 0 Å². The van der Waals surface area contributed by atoms with Crippen LogP contribution in [0.25, 0.3) is 0 Å². The first-order chi connectivity index (χ1) is 26.8. The van der Waals surface area contributed by atoms with Crippen LogP contribution in [-0.2, 0) is 57.8 Å². The molecule has 4 aliphatic rings. The van der Waals surface area contributed by atoms with Crippen molar-refractivity contribution in [1.82, 2.24) is 19.6 Å². The van der Waals surface area contributed by atoms with Crippen LogP contribution in [0.3, 0.4) is 0 Å². The molecule has 0 bridgehead atoms. The van der Waals surface area contributed by atoms with Crippen molar-refractivity contribution in [2.24, 2.45) is 0 Å². The topological polar surface area (TPSA) is 133 Å². The van der Waals surface area contributed by atoms with E-state index in [0.29, 0.717) is 24.2 Å². The van der Waals surface area contributed by atoms with Crippen molar-refractivity contribution in [2.75, 3.05) is 174 Å². The van der Waals surface area contributed by atoms with Crippen LogP contribution < -0.4 is 0 Å². The lowest BCUT2D eigenvalue weighted by Crippen LogP contribution is -2.66. The summed E-state index contributed by atoms with van der Waals surface area (Å²) in [4.78, 5) is 9.66. The van der Waals surface area contributed by atoms with E-state index in [0.717, 1.165) is 157 Å². The Balaban J connectivity index is 1.61. The highest BCUT2D eigenvalue weighted by atomic mass is 28.5. The lowest BCUT2D eigenvalue weighted by Gasteiger charge is -2.44. The van der Waals surface area contributed by atoms with E-state index < -0.39 is 35.2 Å². The summed E-state index contributed by atoms with van der Waals surface area (Å²) < 4.78 is 82.3. The standard InChI is InChI=1S/C34H74N4O13Si4/c1-39-52(40-2,31-7-11-35-15-23-45-24-16-35)49-54(43-5,33-9-13-37-19-27-47-28-20-37)51-55(44-6,34-10-14-38-21-29-48-30-22-38)50-53(41-3,42-4)32-8-12-36-17-25-46-26-18-36/h7-34H2,1-6H3. The minimum Gasteiger partial charge on any atom is -0.379 e. The maximum Gasteiger partial charge on any atom is 0.493 e. The minimum absolute atomic E-state index is 0.530. The summed E-state index contributed by atoms with van der Waals surface area (Å²) in [7, 11) is -3.89. The van der Waals surface area contributed by atoms with Gasteiger partial charge in [-0.2, -0.15) is 0 Å². The number of hydrogen-bond acceptors (Lipinski definition) is 17. The Hall–Kier alpha value is 0.188. The van der Waals surface area contributed by atoms with Gasteiger partial charge in [0.05, 0.1) is 52.9 Å². The van der Waals surface area contributed by atoms with Gasteiger partial charge in [0.25, 0.3) is 0 Å². The highest BCUT2D eigenvalue weighted by Gasteiger charge is 2.61. The molecule has 0 aromatic heterocycles. The Bertz CT molecular complexity index is 934. The molecule has 0 radical (unpaired) electrons. The number of rotatable bonds is 28. The van der Waals surface area contributed by atoms with Crippen LogP contribution in [0.4, 0.5) is 0 Å². The number of nitrogens with zero attached hydrogens (tertiary/aromatic N) is 4. The Morgan fingerprint density at radius 1 is 0.327 bits per heavy atom. The fourth-order valence-electron chi connectivity index (χ4n) is 7.55. The molecule has 0 amide bonds. The zero-order valence-corrected chi connectivity index (χ0v) is 38.9. The maximum absolute atomic E-state index is 7.41. The monoisotopic (exact) mass is 858 g/mol.